The summed E-state index contributed by atoms with van der Waals surface area (Å²) in [5.41, 5.74) is 0. The molecule has 20 heavy (non-hydrogen) atoms. The first-order valence-corrected chi connectivity index (χ1v) is 7.05. The topological polar surface area (TPSA) is 64.6 Å². The van der Waals surface area contributed by atoms with Crippen molar-refractivity contribution in [3.63, 3.8) is 0 Å². The highest BCUT2D eigenvalue weighted by Crippen LogP contribution is 2.33. The van der Waals surface area contributed by atoms with Gasteiger partial charge in [0.2, 0.25) is 5.91 Å². The van der Waals surface area contributed by atoms with Crippen molar-refractivity contribution in [3.8, 4) is 11.8 Å². The van der Waals surface area contributed by atoms with Crippen LogP contribution in [-0.2, 0) is 4.79 Å². The van der Waals surface area contributed by atoms with Crippen LogP contribution in [0.25, 0.3) is 0 Å². The highest BCUT2D eigenvalue weighted by molar-refractivity contribution is 5.77. The van der Waals surface area contributed by atoms with E-state index < -0.39 is 0 Å². The zero-order valence-electron chi connectivity index (χ0n) is 11.6. The minimum atomic E-state index is -0.0243. The lowest BCUT2D eigenvalue weighted by Gasteiger charge is -2.17. The number of hydrogen-bond acceptors (Lipinski definition) is 5. The number of carbonyl (C=O) groups is 1. The van der Waals surface area contributed by atoms with Gasteiger partial charge in [-0.1, -0.05) is 0 Å². The maximum absolute atomic E-state index is 12.0. The quantitative estimate of drug-likeness (QED) is 0.811. The van der Waals surface area contributed by atoms with Crippen molar-refractivity contribution in [1.29, 1.82) is 0 Å². The molecule has 0 aromatic carbocycles. The number of methoxy groups -OCH3 is 1. The van der Waals surface area contributed by atoms with Gasteiger partial charge in [-0.25, -0.2) is 9.97 Å². The number of rotatable bonds is 5. The van der Waals surface area contributed by atoms with Crippen LogP contribution in [0, 0.1) is 5.92 Å². The Morgan fingerprint density at radius 2 is 2.05 bits per heavy atom. The molecule has 6 nitrogen and oxygen atoms in total. The van der Waals surface area contributed by atoms with Crippen molar-refractivity contribution < 1.29 is 14.3 Å². The Balaban J connectivity index is 1.55. The Labute approximate surface area is 118 Å². The van der Waals surface area contributed by atoms with Crippen molar-refractivity contribution in [1.82, 2.24) is 14.9 Å². The van der Waals surface area contributed by atoms with Crippen molar-refractivity contribution >= 4 is 5.91 Å². The Kier molecular flexibility index (Phi) is 3.71. The minimum Gasteiger partial charge on any atom is -0.477 e. The third-order valence-electron chi connectivity index (χ3n) is 3.76. The van der Waals surface area contributed by atoms with Crippen LogP contribution >= 0.6 is 0 Å². The average Bonchev–Trinajstić information content (AvgIpc) is 3.15. The van der Waals surface area contributed by atoms with Crippen molar-refractivity contribution in [2.24, 2.45) is 5.92 Å². The van der Waals surface area contributed by atoms with E-state index in [4.69, 9.17) is 9.47 Å². The summed E-state index contributed by atoms with van der Waals surface area (Å²) in [6.45, 7) is 1.39. The minimum absolute atomic E-state index is 0.0243. The van der Waals surface area contributed by atoms with E-state index in [2.05, 4.69) is 9.97 Å². The van der Waals surface area contributed by atoms with Gasteiger partial charge in [-0.05, 0) is 18.8 Å². The Morgan fingerprint density at radius 1 is 1.30 bits per heavy atom. The summed E-state index contributed by atoms with van der Waals surface area (Å²) in [5, 5.41) is 0. The maximum Gasteiger partial charge on any atom is 0.278 e. The molecule has 1 aromatic rings. The van der Waals surface area contributed by atoms with Crippen LogP contribution in [0.5, 0.6) is 11.8 Å². The van der Waals surface area contributed by atoms with Gasteiger partial charge < -0.3 is 14.4 Å². The van der Waals surface area contributed by atoms with Crippen LogP contribution in [0.3, 0.4) is 0 Å². The first-order valence-electron chi connectivity index (χ1n) is 7.05. The van der Waals surface area contributed by atoms with Gasteiger partial charge in [-0.2, -0.15) is 0 Å². The molecule has 2 heterocycles. The first kappa shape index (κ1) is 13.1. The van der Waals surface area contributed by atoms with E-state index in [-0.39, 0.29) is 12.0 Å². The summed E-state index contributed by atoms with van der Waals surface area (Å²) in [5.74, 6) is 1.67. The van der Waals surface area contributed by atoms with Crippen molar-refractivity contribution in [2.45, 2.75) is 31.8 Å². The SMILES string of the molecule is COc1nccnc1O[C@@H]1CCN(C(=O)CC2CC2)C1. The third-order valence-corrected chi connectivity index (χ3v) is 3.76. The van der Waals surface area contributed by atoms with E-state index in [1.54, 1.807) is 12.4 Å². The normalized spacial score (nSPS) is 21.9. The summed E-state index contributed by atoms with van der Waals surface area (Å²) in [6, 6.07) is 0. The molecule has 2 fully saturated rings. The fourth-order valence-corrected chi connectivity index (χ4v) is 2.44. The van der Waals surface area contributed by atoms with E-state index >= 15 is 0 Å². The smallest absolute Gasteiger partial charge is 0.278 e. The van der Waals surface area contributed by atoms with E-state index in [1.807, 2.05) is 4.90 Å². The van der Waals surface area contributed by atoms with Crippen LogP contribution in [0.2, 0.25) is 0 Å². The predicted octanol–water partition coefficient (Wildman–Crippen LogP) is 1.26. The van der Waals surface area contributed by atoms with Gasteiger partial charge in [0.05, 0.1) is 13.7 Å². The summed E-state index contributed by atoms with van der Waals surface area (Å²) in [4.78, 5) is 22.1. The molecule has 1 aliphatic carbocycles. The molecule has 108 valence electrons. The number of aromatic nitrogens is 2. The molecular weight excluding hydrogens is 258 g/mol. The maximum atomic E-state index is 12.0. The van der Waals surface area contributed by atoms with E-state index in [0.29, 0.717) is 30.6 Å². The molecule has 1 aliphatic heterocycles. The number of amides is 1. The number of nitrogens with zero attached hydrogens (tertiary/aromatic N) is 3. The zero-order valence-corrected chi connectivity index (χ0v) is 11.6. The number of carbonyl (C=O) groups excluding carboxylic acids is 1. The summed E-state index contributed by atoms with van der Waals surface area (Å²) < 4.78 is 10.9. The highest BCUT2D eigenvalue weighted by atomic mass is 16.5. The summed E-state index contributed by atoms with van der Waals surface area (Å²) in [7, 11) is 1.54. The standard InChI is InChI=1S/C14H19N3O3/c1-19-13-14(16-6-5-15-13)20-11-4-7-17(9-11)12(18)8-10-2-3-10/h5-6,10-11H,2-4,7-9H2,1H3/t11-/m1/s1. The van der Waals surface area contributed by atoms with Crippen molar-refractivity contribution in [2.75, 3.05) is 20.2 Å². The fourth-order valence-electron chi connectivity index (χ4n) is 2.44. The van der Waals surface area contributed by atoms with E-state index in [0.717, 1.165) is 13.0 Å². The molecule has 0 N–H and O–H groups in total. The van der Waals surface area contributed by atoms with Gasteiger partial charge in [0, 0.05) is 31.8 Å². The second-order valence-corrected chi connectivity index (χ2v) is 5.39. The van der Waals surface area contributed by atoms with E-state index in [1.165, 1.54) is 20.0 Å². The van der Waals surface area contributed by atoms with Gasteiger partial charge >= 0.3 is 0 Å². The van der Waals surface area contributed by atoms with Crippen LogP contribution in [0.4, 0.5) is 0 Å². The lowest BCUT2D eigenvalue weighted by molar-refractivity contribution is -0.130. The van der Waals surface area contributed by atoms with Crippen molar-refractivity contribution in [3.05, 3.63) is 12.4 Å². The van der Waals surface area contributed by atoms with Crippen LogP contribution in [-0.4, -0.2) is 47.1 Å². The van der Waals surface area contributed by atoms with Crippen LogP contribution < -0.4 is 9.47 Å². The molecule has 1 aromatic heterocycles. The molecule has 2 aliphatic rings. The number of ether oxygens (including phenoxy) is 2. The molecule has 0 unspecified atom stereocenters. The highest BCUT2D eigenvalue weighted by Gasteiger charge is 2.32. The second-order valence-electron chi connectivity index (χ2n) is 5.39. The fraction of sp³-hybridized carbons (Fsp3) is 0.643. The molecular formula is C14H19N3O3. The second kappa shape index (κ2) is 5.64. The number of likely N-dealkylation sites (tertiary alicyclic amines) is 1. The predicted molar refractivity (Wildman–Crippen MR) is 71.5 cm³/mol. The lowest BCUT2D eigenvalue weighted by Crippen LogP contribution is -2.31. The molecule has 1 atom stereocenters. The first-order chi connectivity index (χ1) is 9.76. The lowest BCUT2D eigenvalue weighted by atomic mass is 10.2. The van der Waals surface area contributed by atoms with E-state index in [9.17, 15) is 4.79 Å². The Hall–Kier alpha value is -1.85. The third kappa shape index (κ3) is 3.00. The van der Waals surface area contributed by atoms with Gasteiger partial charge in [-0.3, -0.25) is 4.79 Å². The van der Waals surface area contributed by atoms with Crippen LogP contribution in [0.15, 0.2) is 12.4 Å². The molecule has 1 saturated heterocycles. The average molecular weight is 277 g/mol. The molecule has 0 radical (unpaired) electrons. The Morgan fingerprint density at radius 3 is 2.75 bits per heavy atom. The zero-order chi connectivity index (χ0) is 13.9. The van der Waals surface area contributed by atoms with Gasteiger partial charge in [0.15, 0.2) is 0 Å². The molecule has 1 saturated carbocycles. The van der Waals surface area contributed by atoms with Gasteiger partial charge in [0.1, 0.15) is 6.10 Å². The Bertz CT molecular complexity index is 490. The van der Waals surface area contributed by atoms with Crippen LogP contribution in [0.1, 0.15) is 25.7 Å². The van der Waals surface area contributed by atoms with Gasteiger partial charge in [0.25, 0.3) is 11.8 Å². The molecule has 1 amide bonds. The summed E-state index contributed by atoms with van der Waals surface area (Å²) in [6.07, 6.45) is 7.04. The molecule has 0 spiro atoms. The monoisotopic (exact) mass is 277 g/mol. The molecule has 3 rings (SSSR count). The van der Waals surface area contributed by atoms with Gasteiger partial charge in [-0.15, -0.1) is 0 Å². The largest absolute Gasteiger partial charge is 0.477 e. The summed E-state index contributed by atoms with van der Waals surface area (Å²) >= 11 is 0. The molecule has 6 heteroatoms. The number of hydrogen-bond donors (Lipinski definition) is 0. The molecule has 0 bridgehead atoms.